The zero-order valence-electron chi connectivity index (χ0n) is 13.0. The quantitative estimate of drug-likeness (QED) is 0.788. The fourth-order valence-electron chi connectivity index (χ4n) is 2.42. The van der Waals surface area contributed by atoms with Gasteiger partial charge >= 0.3 is 0 Å². The summed E-state index contributed by atoms with van der Waals surface area (Å²) in [7, 11) is 0. The number of amides is 1. The fourth-order valence-corrected chi connectivity index (χ4v) is 2.62. The molecule has 0 fully saturated rings. The minimum absolute atomic E-state index is 0.113. The van der Waals surface area contributed by atoms with Gasteiger partial charge in [0.25, 0.3) is 0 Å². The van der Waals surface area contributed by atoms with Crippen molar-refractivity contribution in [3.8, 4) is 0 Å². The molecule has 1 heterocycles. The average molecular weight is 329 g/mol. The van der Waals surface area contributed by atoms with E-state index < -0.39 is 0 Å². The minimum Gasteiger partial charge on any atom is -0.356 e. The molecule has 0 radical (unpaired) electrons. The molecule has 0 aliphatic carbocycles. The molecule has 0 bridgehead atoms. The number of fused-ring (bicyclic) bond motifs is 1. The number of carbonyl (C=O) groups is 1. The first kappa shape index (κ1) is 15.6. The fraction of sp³-hybridized carbons (Fsp3) is 0.222. The maximum absolute atomic E-state index is 12.2. The molecule has 2 aromatic carbocycles. The van der Waals surface area contributed by atoms with Gasteiger partial charge in [0.1, 0.15) is 5.69 Å². The molecule has 0 spiro atoms. The van der Waals surface area contributed by atoms with Crippen LogP contribution < -0.4 is 5.32 Å². The van der Waals surface area contributed by atoms with Crippen LogP contribution in [0.2, 0.25) is 5.02 Å². The summed E-state index contributed by atoms with van der Waals surface area (Å²) in [5.41, 5.74) is 4.54. The van der Waals surface area contributed by atoms with Crippen LogP contribution in [0, 0.1) is 13.8 Å². The van der Waals surface area contributed by atoms with Gasteiger partial charge in [0, 0.05) is 17.0 Å². The molecule has 0 unspecified atom stereocenters. The van der Waals surface area contributed by atoms with E-state index in [4.69, 9.17) is 16.1 Å². The summed E-state index contributed by atoms with van der Waals surface area (Å²) in [5, 5.41) is 8.43. The Balaban J connectivity index is 1.71. The van der Waals surface area contributed by atoms with Crippen LogP contribution in [0.15, 0.2) is 40.9 Å². The van der Waals surface area contributed by atoms with Crippen molar-refractivity contribution in [2.75, 3.05) is 0 Å². The Morgan fingerprint density at radius 2 is 1.96 bits per heavy atom. The van der Waals surface area contributed by atoms with Gasteiger partial charge < -0.3 is 9.84 Å². The summed E-state index contributed by atoms with van der Waals surface area (Å²) >= 11 is 6.08. The zero-order chi connectivity index (χ0) is 16.4. The summed E-state index contributed by atoms with van der Waals surface area (Å²) < 4.78 is 5.32. The Bertz CT molecular complexity index is 871. The lowest BCUT2D eigenvalue weighted by Crippen LogP contribution is -2.24. The largest absolute Gasteiger partial charge is 0.356 e. The molecule has 0 saturated carbocycles. The van der Waals surface area contributed by atoms with Crippen LogP contribution in [0.3, 0.4) is 0 Å². The van der Waals surface area contributed by atoms with Crippen molar-refractivity contribution in [3.63, 3.8) is 0 Å². The number of aromatic nitrogens is 1. The number of rotatable bonds is 4. The second kappa shape index (κ2) is 6.42. The van der Waals surface area contributed by atoms with Crippen LogP contribution in [-0.4, -0.2) is 11.1 Å². The van der Waals surface area contributed by atoms with Crippen molar-refractivity contribution in [2.45, 2.75) is 26.8 Å². The molecule has 3 aromatic rings. The highest BCUT2D eigenvalue weighted by atomic mass is 35.5. The molecule has 23 heavy (non-hydrogen) atoms. The first-order valence-corrected chi connectivity index (χ1v) is 7.78. The predicted molar refractivity (Wildman–Crippen MR) is 90.5 cm³/mol. The lowest BCUT2D eigenvalue weighted by molar-refractivity contribution is -0.120. The van der Waals surface area contributed by atoms with Crippen LogP contribution in [0.4, 0.5) is 0 Å². The van der Waals surface area contributed by atoms with E-state index in [1.807, 2.05) is 44.2 Å². The SMILES string of the molecule is Cc1cc2onc(CC(=O)NCc3ccccc3Cl)c2cc1C. The van der Waals surface area contributed by atoms with Crippen molar-refractivity contribution in [3.05, 3.63) is 63.8 Å². The summed E-state index contributed by atoms with van der Waals surface area (Å²) in [4.78, 5) is 12.2. The molecule has 0 saturated heterocycles. The van der Waals surface area contributed by atoms with Crippen molar-refractivity contribution in [1.82, 2.24) is 10.5 Å². The molecule has 118 valence electrons. The molecule has 5 heteroatoms. The number of aryl methyl sites for hydroxylation is 2. The van der Waals surface area contributed by atoms with Gasteiger partial charge in [-0.15, -0.1) is 0 Å². The van der Waals surface area contributed by atoms with Gasteiger partial charge in [-0.1, -0.05) is 35.0 Å². The maximum atomic E-state index is 12.2. The van der Waals surface area contributed by atoms with Crippen molar-refractivity contribution in [2.24, 2.45) is 0 Å². The van der Waals surface area contributed by atoms with E-state index in [9.17, 15) is 4.79 Å². The first-order chi connectivity index (χ1) is 11.0. The number of benzene rings is 2. The topological polar surface area (TPSA) is 55.1 Å². The van der Waals surface area contributed by atoms with E-state index in [-0.39, 0.29) is 12.3 Å². The molecule has 0 atom stereocenters. The number of hydrogen-bond donors (Lipinski definition) is 1. The van der Waals surface area contributed by atoms with Gasteiger partial charge in [0.2, 0.25) is 5.91 Å². The third-order valence-electron chi connectivity index (χ3n) is 3.92. The third-order valence-corrected chi connectivity index (χ3v) is 4.29. The van der Waals surface area contributed by atoms with Crippen molar-refractivity contribution in [1.29, 1.82) is 0 Å². The van der Waals surface area contributed by atoms with Crippen LogP contribution in [0.5, 0.6) is 0 Å². The number of halogens is 1. The number of nitrogens with one attached hydrogen (secondary N) is 1. The van der Waals surface area contributed by atoms with Gasteiger partial charge in [0.05, 0.1) is 6.42 Å². The molecule has 0 aliphatic rings. The zero-order valence-corrected chi connectivity index (χ0v) is 13.8. The first-order valence-electron chi connectivity index (χ1n) is 7.40. The van der Waals surface area contributed by atoms with E-state index in [1.165, 1.54) is 0 Å². The molecule has 1 N–H and O–H groups in total. The van der Waals surface area contributed by atoms with Gasteiger partial charge in [-0.3, -0.25) is 4.79 Å². The van der Waals surface area contributed by atoms with Gasteiger partial charge in [-0.2, -0.15) is 0 Å². The van der Waals surface area contributed by atoms with Gasteiger partial charge in [0.15, 0.2) is 5.58 Å². The second-order valence-corrected chi connectivity index (χ2v) is 6.01. The van der Waals surface area contributed by atoms with Crippen LogP contribution >= 0.6 is 11.6 Å². The van der Waals surface area contributed by atoms with Gasteiger partial charge in [-0.25, -0.2) is 0 Å². The molecular formula is C18H17ClN2O2. The summed E-state index contributed by atoms with van der Waals surface area (Å²) in [5.74, 6) is -0.113. The highest BCUT2D eigenvalue weighted by Gasteiger charge is 2.13. The second-order valence-electron chi connectivity index (χ2n) is 5.61. The Hall–Kier alpha value is -2.33. The minimum atomic E-state index is -0.113. The van der Waals surface area contributed by atoms with E-state index in [0.29, 0.717) is 22.8 Å². The Morgan fingerprint density at radius 1 is 1.22 bits per heavy atom. The smallest absolute Gasteiger partial charge is 0.226 e. The van der Waals surface area contributed by atoms with E-state index in [0.717, 1.165) is 22.1 Å². The van der Waals surface area contributed by atoms with E-state index in [2.05, 4.69) is 10.5 Å². The van der Waals surface area contributed by atoms with Crippen molar-refractivity contribution >= 4 is 28.5 Å². The normalized spacial score (nSPS) is 10.9. The van der Waals surface area contributed by atoms with Crippen molar-refractivity contribution < 1.29 is 9.32 Å². The lowest BCUT2D eigenvalue weighted by Gasteiger charge is -2.06. The summed E-state index contributed by atoms with van der Waals surface area (Å²) in [6.45, 7) is 4.45. The Kier molecular flexibility index (Phi) is 4.35. The third kappa shape index (κ3) is 3.37. The van der Waals surface area contributed by atoms with Gasteiger partial charge in [-0.05, 0) is 48.7 Å². The van der Waals surface area contributed by atoms with Crippen LogP contribution in [-0.2, 0) is 17.8 Å². The van der Waals surface area contributed by atoms with Crippen LogP contribution in [0.1, 0.15) is 22.4 Å². The number of hydrogen-bond acceptors (Lipinski definition) is 3. The molecular weight excluding hydrogens is 312 g/mol. The average Bonchev–Trinajstić information content (AvgIpc) is 2.89. The molecule has 4 nitrogen and oxygen atoms in total. The maximum Gasteiger partial charge on any atom is 0.226 e. The number of nitrogens with zero attached hydrogens (tertiary/aromatic N) is 1. The summed E-state index contributed by atoms with van der Waals surface area (Å²) in [6, 6.07) is 11.4. The molecule has 3 rings (SSSR count). The number of carbonyl (C=O) groups excluding carboxylic acids is 1. The highest BCUT2D eigenvalue weighted by molar-refractivity contribution is 6.31. The molecule has 1 aromatic heterocycles. The van der Waals surface area contributed by atoms with Crippen LogP contribution in [0.25, 0.3) is 11.0 Å². The molecule has 1 amide bonds. The summed E-state index contributed by atoms with van der Waals surface area (Å²) in [6.07, 6.45) is 0.181. The monoisotopic (exact) mass is 328 g/mol. The Labute approximate surface area is 139 Å². The predicted octanol–water partition coefficient (Wildman–Crippen LogP) is 3.96. The Morgan fingerprint density at radius 3 is 2.74 bits per heavy atom. The van der Waals surface area contributed by atoms with E-state index in [1.54, 1.807) is 6.07 Å². The van der Waals surface area contributed by atoms with E-state index >= 15 is 0 Å². The lowest BCUT2D eigenvalue weighted by atomic mass is 10.1. The molecule has 0 aliphatic heterocycles. The highest BCUT2D eigenvalue weighted by Crippen LogP contribution is 2.23. The standard InChI is InChI=1S/C18H17ClN2O2/c1-11-7-14-16(21-23-17(14)8-12(11)2)9-18(22)20-10-13-5-3-4-6-15(13)19/h3-8H,9-10H2,1-2H3,(H,20,22).